The Bertz CT molecular complexity index is 455. The van der Waals surface area contributed by atoms with E-state index in [9.17, 15) is 8.78 Å². The number of ether oxygens (including phenoxy) is 1. The molecule has 1 aliphatic carbocycles. The zero-order valence-corrected chi connectivity index (χ0v) is 11.6. The average molecular weight is 290 g/mol. The van der Waals surface area contributed by atoms with E-state index in [1.54, 1.807) is 25.3 Å². The van der Waals surface area contributed by atoms with Crippen LogP contribution in [0.3, 0.4) is 0 Å². The second kappa shape index (κ2) is 5.25. The van der Waals surface area contributed by atoms with Crippen molar-refractivity contribution in [1.82, 2.24) is 0 Å². The Kier molecular flexibility index (Phi) is 4.02. The number of methoxy groups -OCH3 is 1. The van der Waals surface area contributed by atoms with E-state index in [4.69, 9.17) is 22.1 Å². The Labute approximate surface area is 116 Å². The van der Waals surface area contributed by atoms with Crippen LogP contribution in [0.1, 0.15) is 31.2 Å². The number of hydrogen-bond donors (Lipinski definition) is 1. The van der Waals surface area contributed by atoms with Gasteiger partial charge in [-0.1, -0.05) is 11.6 Å². The molecule has 0 bridgehead atoms. The van der Waals surface area contributed by atoms with Gasteiger partial charge in [-0.25, -0.2) is 8.78 Å². The van der Waals surface area contributed by atoms with Gasteiger partial charge < -0.3 is 10.5 Å². The summed E-state index contributed by atoms with van der Waals surface area (Å²) < 4.78 is 32.1. The van der Waals surface area contributed by atoms with Gasteiger partial charge in [-0.2, -0.15) is 0 Å². The summed E-state index contributed by atoms with van der Waals surface area (Å²) in [6.45, 7) is 0.319. The van der Waals surface area contributed by atoms with Crippen molar-refractivity contribution in [1.29, 1.82) is 0 Å². The molecule has 0 aliphatic heterocycles. The summed E-state index contributed by atoms with van der Waals surface area (Å²) in [6, 6.07) is 5.28. The minimum Gasteiger partial charge on any atom is -0.496 e. The molecule has 1 aromatic rings. The van der Waals surface area contributed by atoms with Crippen LogP contribution in [0.5, 0.6) is 5.75 Å². The summed E-state index contributed by atoms with van der Waals surface area (Å²) in [7, 11) is 1.56. The van der Waals surface area contributed by atoms with E-state index in [2.05, 4.69) is 0 Å². The Hall–Kier alpha value is -0.870. The Morgan fingerprint density at radius 2 is 1.89 bits per heavy atom. The topological polar surface area (TPSA) is 35.2 Å². The van der Waals surface area contributed by atoms with Crippen molar-refractivity contribution in [3.63, 3.8) is 0 Å². The smallest absolute Gasteiger partial charge is 0.248 e. The van der Waals surface area contributed by atoms with Crippen LogP contribution in [0.2, 0.25) is 5.02 Å². The number of benzene rings is 1. The maximum Gasteiger partial charge on any atom is 0.248 e. The SMILES string of the molecule is COc1ccc(Cl)cc1C1(CN)CCC(F)(F)CC1. The molecule has 0 unspecified atom stereocenters. The van der Waals surface area contributed by atoms with E-state index in [-0.39, 0.29) is 12.8 Å². The summed E-state index contributed by atoms with van der Waals surface area (Å²) in [6.07, 6.45) is 0.431. The Balaban J connectivity index is 2.39. The van der Waals surface area contributed by atoms with Crippen LogP contribution >= 0.6 is 11.6 Å². The van der Waals surface area contributed by atoms with Crippen LogP contribution < -0.4 is 10.5 Å². The molecule has 1 fully saturated rings. The molecule has 2 rings (SSSR count). The van der Waals surface area contributed by atoms with Gasteiger partial charge in [0.1, 0.15) is 5.75 Å². The maximum atomic E-state index is 13.4. The predicted molar refractivity (Wildman–Crippen MR) is 72.2 cm³/mol. The van der Waals surface area contributed by atoms with Crippen molar-refractivity contribution >= 4 is 11.6 Å². The van der Waals surface area contributed by atoms with Gasteiger partial charge in [-0.05, 0) is 31.0 Å². The summed E-state index contributed by atoms with van der Waals surface area (Å²) in [5.41, 5.74) is 6.28. The molecule has 0 saturated heterocycles. The monoisotopic (exact) mass is 289 g/mol. The third kappa shape index (κ3) is 2.84. The maximum absolute atomic E-state index is 13.4. The minimum absolute atomic E-state index is 0.139. The molecule has 2 nitrogen and oxygen atoms in total. The average Bonchev–Trinajstić information content (AvgIpc) is 2.39. The zero-order chi connectivity index (χ0) is 14.1. The van der Waals surface area contributed by atoms with Crippen molar-refractivity contribution in [2.24, 2.45) is 5.73 Å². The van der Waals surface area contributed by atoms with E-state index in [0.29, 0.717) is 30.2 Å². The molecule has 106 valence electrons. The van der Waals surface area contributed by atoms with Gasteiger partial charge in [0.05, 0.1) is 7.11 Å². The number of alkyl halides is 2. The lowest BCUT2D eigenvalue weighted by molar-refractivity contribution is -0.0511. The van der Waals surface area contributed by atoms with Gasteiger partial charge in [0.2, 0.25) is 5.92 Å². The van der Waals surface area contributed by atoms with Crippen LogP contribution in [-0.2, 0) is 5.41 Å². The quantitative estimate of drug-likeness (QED) is 0.920. The molecular formula is C14H18ClF2NO. The van der Waals surface area contributed by atoms with Crippen LogP contribution in [0, 0.1) is 0 Å². The fourth-order valence-corrected chi connectivity index (χ4v) is 2.94. The zero-order valence-electron chi connectivity index (χ0n) is 10.9. The highest BCUT2D eigenvalue weighted by molar-refractivity contribution is 6.30. The lowest BCUT2D eigenvalue weighted by atomic mass is 9.68. The van der Waals surface area contributed by atoms with Crippen molar-refractivity contribution in [2.45, 2.75) is 37.0 Å². The largest absolute Gasteiger partial charge is 0.496 e. The number of halogens is 3. The minimum atomic E-state index is -2.58. The van der Waals surface area contributed by atoms with E-state index < -0.39 is 11.3 Å². The summed E-state index contributed by atoms with van der Waals surface area (Å²) >= 11 is 6.02. The van der Waals surface area contributed by atoms with E-state index in [0.717, 1.165) is 5.56 Å². The molecule has 2 N–H and O–H groups in total. The van der Waals surface area contributed by atoms with Crippen LogP contribution in [-0.4, -0.2) is 19.6 Å². The fraction of sp³-hybridized carbons (Fsp3) is 0.571. The number of nitrogens with two attached hydrogens (primary N) is 1. The van der Waals surface area contributed by atoms with Gasteiger partial charge in [0, 0.05) is 35.4 Å². The molecule has 19 heavy (non-hydrogen) atoms. The Morgan fingerprint density at radius 1 is 1.26 bits per heavy atom. The Morgan fingerprint density at radius 3 is 2.42 bits per heavy atom. The van der Waals surface area contributed by atoms with Crippen molar-refractivity contribution in [3.8, 4) is 5.75 Å². The first-order chi connectivity index (χ1) is 8.92. The first-order valence-corrected chi connectivity index (χ1v) is 6.72. The molecule has 0 spiro atoms. The van der Waals surface area contributed by atoms with Crippen LogP contribution in [0.25, 0.3) is 0 Å². The molecule has 1 saturated carbocycles. The normalized spacial score (nSPS) is 21.1. The molecule has 1 aromatic carbocycles. The second-order valence-corrected chi connectivity index (χ2v) is 5.62. The van der Waals surface area contributed by atoms with Gasteiger partial charge in [0.15, 0.2) is 0 Å². The lowest BCUT2D eigenvalue weighted by Crippen LogP contribution is -2.42. The number of hydrogen-bond acceptors (Lipinski definition) is 2. The van der Waals surface area contributed by atoms with Crippen molar-refractivity contribution < 1.29 is 13.5 Å². The molecule has 0 heterocycles. The standard InChI is InChI=1S/C14H18ClF2NO/c1-19-12-3-2-10(15)8-11(12)13(9-18)4-6-14(16,17)7-5-13/h2-3,8H,4-7,9,18H2,1H3. The molecule has 0 radical (unpaired) electrons. The molecule has 5 heteroatoms. The van der Waals surface area contributed by atoms with Gasteiger partial charge >= 0.3 is 0 Å². The summed E-state index contributed by atoms with van der Waals surface area (Å²) in [5.74, 6) is -1.91. The highest BCUT2D eigenvalue weighted by Gasteiger charge is 2.44. The molecule has 0 amide bonds. The molecule has 0 atom stereocenters. The lowest BCUT2D eigenvalue weighted by Gasteiger charge is -2.40. The van der Waals surface area contributed by atoms with Crippen molar-refractivity contribution in [3.05, 3.63) is 28.8 Å². The molecular weight excluding hydrogens is 272 g/mol. The van der Waals surface area contributed by atoms with Gasteiger partial charge in [-0.15, -0.1) is 0 Å². The first kappa shape index (κ1) is 14.5. The fourth-order valence-electron chi connectivity index (χ4n) is 2.77. The summed E-state index contributed by atoms with van der Waals surface area (Å²) in [4.78, 5) is 0. The third-order valence-corrected chi connectivity index (χ3v) is 4.30. The molecule has 0 aromatic heterocycles. The van der Waals surface area contributed by atoms with Gasteiger partial charge in [0.25, 0.3) is 0 Å². The second-order valence-electron chi connectivity index (χ2n) is 5.19. The van der Waals surface area contributed by atoms with Crippen molar-refractivity contribution in [2.75, 3.05) is 13.7 Å². The van der Waals surface area contributed by atoms with E-state index >= 15 is 0 Å². The summed E-state index contributed by atoms with van der Waals surface area (Å²) in [5, 5.41) is 0.570. The van der Waals surface area contributed by atoms with Crippen LogP contribution in [0.4, 0.5) is 8.78 Å². The molecule has 1 aliphatic rings. The predicted octanol–water partition coefficient (Wildman–Crippen LogP) is 3.75. The number of rotatable bonds is 3. The van der Waals surface area contributed by atoms with Crippen LogP contribution in [0.15, 0.2) is 18.2 Å². The highest BCUT2D eigenvalue weighted by atomic mass is 35.5. The van der Waals surface area contributed by atoms with Gasteiger partial charge in [-0.3, -0.25) is 0 Å². The van der Waals surface area contributed by atoms with E-state index in [1.165, 1.54) is 0 Å². The first-order valence-electron chi connectivity index (χ1n) is 6.34. The van der Waals surface area contributed by atoms with E-state index in [1.807, 2.05) is 0 Å². The third-order valence-electron chi connectivity index (χ3n) is 4.06. The highest BCUT2D eigenvalue weighted by Crippen LogP contribution is 2.47.